The number of nitrogens with one attached hydrogen (secondary N) is 1. The summed E-state index contributed by atoms with van der Waals surface area (Å²) >= 11 is 0. The van der Waals surface area contributed by atoms with Gasteiger partial charge in [-0.15, -0.1) is 0 Å². The van der Waals surface area contributed by atoms with E-state index in [1.165, 1.54) is 0 Å². The molecule has 0 aromatic carbocycles. The number of carboxylic acid groups (broad SMARTS) is 1. The highest BCUT2D eigenvalue weighted by Gasteiger charge is 2.19. The summed E-state index contributed by atoms with van der Waals surface area (Å²) in [5.41, 5.74) is 0.242. The van der Waals surface area contributed by atoms with Crippen molar-refractivity contribution in [1.29, 1.82) is 0 Å². The third kappa shape index (κ3) is 4.08. The molecule has 13 heavy (non-hydrogen) atoms. The van der Waals surface area contributed by atoms with Crippen LogP contribution >= 0.6 is 0 Å². The van der Waals surface area contributed by atoms with Crippen LogP contribution in [0.2, 0.25) is 0 Å². The van der Waals surface area contributed by atoms with E-state index in [1.54, 1.807) is 0 Å². The SMILES string of the molecule is C=C(CNC(C)(CC)CC)C(=O)O. The normalized spacial score (nSPS) is 11.3. The number of carbonyl (C=O) groups is 1. The maximum absolute atomic E-state index is 10.5. The Morgan fingerprint density at radius 3 is 2.23 bits per heavy atom. The van der Waals surface area contributed by atoms with Crippen molar-refractivity contribution in [3.63, 3.8) is 0 Å². The van der Waals surface area contributed by atoms with Gasteiger partial charge in [-0.05, 0) is 19.8 Å². The van der Waals surface area contributed by atoms with Gasteiger partial charge in [0.1, 0.15) is 0 Å². The van der Waals surface area contributed by atoms with Crippen molar-refractivity contribution >= 4 is 5.97 Å². The summed E-state index contributed by atoms with van der Waals surface area (Å²) in [5.74, 6) is -0.929. The van der Waals surface area contributed by atoms with E-state index in [-0.39, 0.29) is 11.1 Å². The topological polar surface area (TPSA) is 49.3 Å². The number of hydrogen-bond donors (Lipinski definition) is 2. The lowest BCUT2D eigenvalue weighted by Crippen LogP contribution is -2.42. The van der Waals surface area contributed by atoms with Crippen LogP contribution in [0.25, 0.3) is 0 Å². The minimum Gasteiger partial charge on any atom is -0.478 e. The highest BCUT2D eigenvalue weighted by molar-refractivity contribution is 5.86. The first-order chi connectivity index (χ1) is 5.95. The summed E-state index contributed by atoms with van der Waals surface area (Å²) in [6, 6.07) is 0. The molecule has 3 nitrogen and oxygen atoms in total. The summed E-state index contributed by atoms with van der Waals surface area (Å²) in [4.78, 5) is 10.5. The van der Waals surface area contributed by atoms with Crippen LogP contribution in [0.4, 0.5) is 0 Å². The summed E-state index contributed by atoms with van der Waals surface area (Å²) in [5, 5.41) is 11.8. The molecular weight excluding hydrogens is 166 g/mol. The van der Waals surface area contributed by atoms with Gasteiger partial charge in [0.05, 0.1) is 0 Å². The van der Waals surface area contributed by atoms with Crippen LogP contribution < -0.4 is 5.32 Å². The summed E-state index contributed by atoms with van der Waals surface area (Å²) in [6.45, 7) is 10.1. The zero-order valence-corrected chi connectivity index (χ0v) is 8.68. The van der Waals surface area contributed by atoms with Gasteiger partial charge in [0.25, 0.3) is 0 Å². The number of aliphatic carboxylic acids is 1. The van der Waals surface area contributed by atoms with Gasteiger partial charge in [-0.25, -0.2) is 4.79 Å². The molecule has 76 valence electrons. The van der Waals surface area contributed by atoms with Crippen molar-refractivity contribution < 1.29 is 9.90 Å². The summed E-state index contributed by atoms with van der Waals surface area (Å²) < 4.78 is 0. The Hall–Kier alpha value is -0.830. The van der Waals surface area contributed by atoms with Crippen molar-refractivity contribution in [2.45, 2.75) is 39.2 Å². The molecule has 0 aliphatic heterocycles. The molecule has 0 fully saturated rings. The lowest BCUT2D eigenvalue weighted by molar-refractivity contribution is -0.132. The Kier molecular flexibility index (Phi) is 4.70. The van der Waals surface area contributed by atoms with E-state index in [1.807, 2.05) is 0 Å². The molecule has 0 rings (SSSR count). The maximum atomic E-state index is 10.5. The molecule has 0 aromatic heterocycles. The molecule has 0 heterocycles. The van der Waals surface area contributed by atoms with Gasteiger partial charge in [0.15, 0.2) is 0 Å². The van der Waals surface area contributed by atoms with E-state index in [2.05, 4.69) is 32.7 Å². The lowest BCUT2D eigenvalue weighted by atomic mass is 9.95. The van der Waals surface area contributed by atoms with Crippen molar-refractivity contribution in [3.05, 3.63) is 12.2 Å². The minimum atomic E-state index is -0.929. The van der Waals surface area contributed by atoms with Crippen molar-refractivity contribution in [3.8, 4) is 0 Å². The van der Waals surface area contributed by atoms with Crippen molar-refractivity contribution in [2.75, 3.05) is 6.54 Å². The number of hydrogen-bond acceptors (Lipinski definition) is 2. The molecule has 0 saturated carbocycles. The van der Waals surface area contributed by atoms with Crippen LogP contribution in [0.3, 0.4) is 0 Å². The quantitative estimate of drug-likeness (QED) is 0.620. The first-order valence-corrected chi connectivity index (χ1v) is 4.61. The molecule has 0 spiro atoms. The fourth-order valence-electron chi connectivity index (χ4n) is 0.896. The van der Waals surface area contributed by atoms with E-state index < -0.39 is 5.97 Å². The number of rotatable bonds is 6. The highest BCUT2D eigenvalue weighted by Crippen LogP contribution is 2.13. The number of carboxylic acids is 1. The smallest absolute Gasteiger partial charge is 0.332 e. The first kappa shape index (κ1) is 12.2. The third-order valence-electron chi connectivity index (χ3n) is 2.59. The van der Waals surface area contributed by atoms with Gasteiger partial charge in [-0.3, -0.25) is 0 Å². The Labute approximate surface area is 79.8 Å². The zero-order chi connectivity index (χ0) is 10.5. The minimum absolute atomic E-state index is 0.0262. The van der Waals surface area contributed by atoms with E-state index >= 15 is 0 Å². The predicted octanol–water partition coefficient (Wildman–Crippen LogP) is 1.80. The van der Waals surface area contributed by atoms with Crippen LogP contribution in [0.1, 0.15) is 33.6 Å². The molecule has 0 bridgehead atoms. The molecule has 0 radical (unpaired) electrons. The van der Waals surface area contributed by atoms with E-state index in [0.29, 0.717) is 6.54 Å². The van der Waals surface area contributed by atoms with E-state index in [0.717, 1.165) is 12.8 Å². The maximum Gasteiger partial charge on any atom is 0.332 e. The fraction of sp³-hybridized carbons (Fsp3) is 0.700. The van der Waals surface area contributed by atoms with E-state index in [4.69, 9.17) is 5.11 Å². The highest BCUT2D eigenvalue weighted by atomic mass is 16.4. The second-order valence-corrected chi connectivity index (χ2v) is 3.53. The van der Waals surface area contributed by atoms with Gasteiger partial charge in [0, 0.05) is 17.7 Å². The predicted molar refractivity (Wildman–Crippen MR) is 53.8 cm³/mol. The average Bonchev–Trinajstić information content (AvgIpc) is 2.13. The van der Waals surface area contributed by atoms with Crippen LogP contribution in [0.15, 0.2) is 12.2 Å². The second-order valence-electron chi connectivity index (χ2n) is 3.53. The third-order valence-corrected chi connectivity index (χ3v) is 2.59. The molecule has 0 unspecified atom stereocenters. The molecule has 0 atom stereocenters. The average molecular weight is 185 g/mol. The molecule has 0 aliphatic rings. The van der Waals surface area contributed by atoms with Crippen molar-refractivity contribution in [1.82, 2.24) is 5.32 Å². The van der Waals surface area contributed by atoms with Gasteiger partial charge < -0.3 is 10.4 Å². The monoisotopic (exact) mass is 185 g/mol. The molecule has 0 saturated heterocycles. The lowest BCUT2D eigenvalue weighted by Gasteiger charge is -2.28. The molecule has 0 amide bonds. The Balaban J connectivity index is 4.00. The molecular formula is C10H19NO2. The van der Waals surface area contributed by atoms with Gasteiger partial charge in [-0.1, -0.05) is 20.4 Å². The Bertz CT molecular complexity index is 195. The van der Waals surface area contributed by atoms with Crippen molar-refractivity contribution in [2.24, 2.45) is 0 Å². The van der Waals surface area contributed by atoms with Gasteiger partial charge >= 0.3 is 5.97 Å². The standard InChI is InChI=1S/C10H19NO2/c1-5-10(4,6-2)11-7-8(3)9(12)13/h11H,3,5-7H2,1-2,4H3,(H,12,13). The molecule has 0 aliphatic carbocycles. The van der Waals surface area contributed by atoms with Crippen LogP contribution in [0.5, 0.6) is 0 Å². The van der Waals surface area contributed by atoms with Gasteiger partial charge in [0.2, 0.25) is 0 Å². The Morgan fingerprint density at radius 2 is 1.92 bits per heavy atom. The second kappa shape index (κ2) is 5.02. The molecule has 2 N–H and O–H groups in total. The summed E-state index contributed by atoms with van der Waals surface area (Å²) in [7, 11) is 0. The largest absolute Gasteiger partial charge is 0.478 e. The fourth-order valence-corrected chi connectivity index (χ4v) is 0.896. The van der Waals surface area contributed by atoms with Crippen LogP contribution in [0, 0.1) is 0 Å². The van der Waals surface area contributed by atoms with Gasteiger partial charge in [-0.2, -0.15) is 0 Å². The molecule has 0 aromatic rings. The summed E-state index contributed by atoms with van der Waals surface area (Å²) in [6.07, 6.45) is 1.97. The zero-order valence-electron chi connectivity index (χ0n) is 8.68. The Morgan fingerprint density at radius 1 is 1.46 bits per heavy atom. The van der Waals surface area contributed by atoms with Crippen LogP contribution in [-0.2, 0) is 4.79 Å². The van der Waals surface area contributed by atoms with Crippen LogP contribution in [-0.4, -0.2) is 23.2 Å². The molecule has 3 heteroatoms. The first-order valence-electron chi connectivity index (χ1n) is 4.61. The van der Waals surface area contributed by atoms with E-state index in [9.17, 15) is 4.79 Å².